The summed E-state index contributed by atoms with van der Waals surface area (Å²) in [5.74, 6) is 0.392. The average Bonchev–Trinajstić information content (AvgIpc) is 3.08. The lowest BCUT2D eigenvalue weighted by atomic mass is 10.1. The van der Waals surface area contributed by atoms with Crippen LogP contribution in [0.5, 0.6) is 17.2 Å². The molecule has 1 N–H and O–H groups in total. The standard InChI is InChI=1S/C36H37NO8/c1-41-35(39)27-13-9-14-29(24-27)37-34(38)32-25-28(36(40)42-2)18-19-33(32)45-22-10-12-26-11-8-17-31(23-26)44-21-7-6-20-43-30-15-4-3-5-16-30/h3-5,8-9,11,13-19,23-25H,6-7,10,12,20-22H2,1-2H3,(H,37,38). The summed E-state index contributed by atoms with van der Waals surface area (Å²) in [5, 5.41) is 2.76. The number of benzene rings is 4. The number of carbonyl (C=O) groups is 3. The first kappa shape index (κ1) is 32.6. The van der Waals surface area contributed by atoms with Crippen LogP contribution in [0.3, 0.4) is 0 Å². The Labute approximate surface area is 263 Å². The Morgan fingerprint density at radius 3 is 1.98 bits per heavy atom. The molecule has 1 amide bonds. The van der Waals surface area contributed by atoms with Crippen molar-refractivity contribution in [1.29, 1.82) is 0 Å². The van der Waals surface area contributed by atoms with Crippen molar-refractivity contribution in [3.05, 3.63) is 119 Å². The Balaban J connectivity index is 1.29. The van der Waals surface area contributed by atoms with Crippen LogP contribution in [0.4, 0.5) is 5.69 Å². The molecule has 0 bridgehead atoms. The monoisotopic (exact) mass is 611 g/mol. The van der Waals surface area contributed by atoms with Gasteiger partial charge in [0.05, 0.1) is 50.7 Å². The molecule has 0 radical (unpaired) electrons. The number of methoxy groups -OCH3 is 2. The van der Waals surface area contributed by atoms with Crippen molar-refractivity contribution in [1.82, 2.24) is 0 Å². The Bertz CT molecular complexity index is 1570. The Kier molecular flexibility index (Phi) is 12.4. The molecule has 0 spiro atoms. The van der Waals surface area contributed by atoms with Crippen molar-refractivity contribution in [3.8, 4) is 17.2 Å². The second kappa shape index (κ2) is 17.1. The molecule has 234 valence electrons. The van der Waals surface area contributed by atoms with Crippen molar-refractivity contribution in [2.75, 3.05) is 39.4 Å². The average molecular weight is 612 g/mol. The minimum Gasteiger partial charge on any atom is -0.494 e. The number of unbranched alkanes of at least 4 members (excludes halogenated alkanes) is 1. The van der Waals surface area contributed by atoms with Crippen molar-refractivity contribution < 1.29 is 38.1 Å². The topological polar surface area (TPSA) is 109 Å². The minimum atomic E-state index is -0.578. The van der Waals surface area contributed by atoms with E-state index in [0.717, 1.165) is 36.3 Å². The van der Waals surface area contributed by atoms with Crippen LogP contribution in [0.25, 0.3) is 0 Å². The van der Waals surface area contributed by atoms with E-state index in [4.69, 9.17) is 23.7 Å². The van der Waals surface area contributed by atoms with Gasteiger partial charge < -0.3 is 29.0 Å². The van der Waals surface area contributed by atoms with Crippen LogP contribution < -0.4 is 19.5 Å². The van der Waals surface area contributed by atoms with Gasteiger partial charge in [0.2, 0.25) is 0 Å². The van der Waals surface area contributed by atoms with Gasteiger partial charge in [-0.1, -0.05) is 36.4 Å². The van der Waals surface area contributed by atoms with Gasteiger partial charge in [0.25, 0.3) is 5.91 Å². The molecule has 0 aromatic heterocycles. The zero-order valence-corrected chi connectivity index (χ0v) is 25.5. The van der Waals surface area contributed by atoms with Crippen molar-refractivity contribution in [2.24, 2.45) is 0 Å². The SMILES string of the molecule is COC(=O)c1cccc(NC(=O)c2cc(C(=O)OC)ccc2OCCCc2cccc(OCCCCOc3ccccc3)c2)c1. The van der Waals surface area contributed by atoms with Crippen molar-refractivity contribution >= 4 is 23.5 Å². The fourth-order valence-corrected chi connectivity index (χ4v) is 4.47. The number of para-hydroxylation sites is 1. The Morgan fingerprint density at radius 2 is 1.24 bits per heavy atom. The Hall–Kier alpha value is -5.31. The largest absolute Gasteiger partial charge is 0.494 e. The summed E-state index contributed by atoms with van der Waals surface area (Å²) < 4.78 is 27.2. The summed E-state index contributed by atoms with van der Waals surface area (Å²) in [7, 11) is 2.55. The summed E-state index contributed by atoms with van der Waals surface area (Å²) in [5.41, 5.74) is 2.15. The molecule has 0 aliphatic rings. The molecule has 4 aromatic carbocycles. The first-order valence-electron chi connectivity index (χ1n) is 14.7. The van der Waals surface area contributed by atoms with E-state index >= 15 is 0 Å². The molecule has 9 heteroatoms. The number of anilines is 1. The molecule has 0 saturated heterocycles. The molecule has 0 heterocycles. The van der Waals surface area contributed by atoms with E-state index in [9.17, 15) is 14.4 Å². The predicted molar refractivity (Wildman–Crippen MR) is 170 cm³/mol. The quantitative estimate of drug-likeness (QED) is 0.109. The van der Waals surface area contributed by atoms with E-state index < -0.39 is 17.8 Å². The van der Waals surface area contributed by atoms with Gasteiger partial charge in [0, 0.05) is 5.69 Å². The molecule has 9 nitrogen and oxygen atoms in total. The van der Waals surface area contributed by atoms with Crippen molar-refractivity contribution in [2.45, 2.75) is 25.7 Å². The number of rotatable bonds is 16. The predicted octanol–water partition coefficient (Wildman–Crippen LogP) is 6.76. The maximum atomic E-state index is 13.3. The van der Waals surface area contributed by atoms with Crippen LogP contribution in [-0.4, -0.2) is 51.9 Å². The van der Waals surface area contributed by atoms with E-state index in [1.165, 1.54) is 26.4 Å². The number of amides is 1. The van der Waals surface area contributed by atoms with Gasteiger partial charge in [-0.3, -0.25) is 4.79 Å². The molecule has 45 heavy (non-hydrogen) atoms. The first-order chi connectivity index (χ1) is 22.0. The first-order valence-corrected chi connectivity index (χ1v) is 14.7. The second-order valence-corrected chi connectivity index (χ2v) is 10.0. The summed E-state index contributed by atoms with van der Waals surface area (Å²) >= 11 is 0. The summed E-state index contributed by atoms with van der Waals surface area (Å²) in [4.78, 5) is 37.3. The maximum absolute atomic E-state index is 13.3. The molecular weight excluding hydrogens is 574 g/mol. The highest BCUT2D eigenvalue weighted by molar-refractivity contribution is 6.08. The van der Waals surface area contributed by atoms with E-state index in [1.54, 1.807) is 30.3 Å². The number of nitrogens with one attached hydrogen (secondary N) is 1. The molecule has 0 saturated carbocycles. The number of carbonyl (C=O) groups excluding carboxylic acids is 3. The van der Waals surface area contributed by atoms with Gasteiger partial charge in [-0.15, -0.1) is 0 Å². The fraction of sp³-hybridized carbons (Fsp3) is 0.250. The zero-order chi connectivity index (χ0) is 31.9. The number of ether oxygens (including phenoxy) is 5. The van der Waals surface area contributed by atoms with Gasteiger partial charge in [-0.25, -0.2) is 9.59 Å². The molecular formula is C36H37NO8. The second-order valence-electron chi connectivity index (χ2n) is 10.0. The van der Waals surface area contributed by atoms with Crippen LogP contribution in [-0.2, 0) is 15.9 Å². The summed E-state index contributed by atoms with van der Waals surface area (Å²) in [6.07, 6.45) is 3.20. The molecule has 0 unspecified atom stereocenters. The van der Waals surface area contributed by atoms with Crippen molar-refractivity contribution in [3.63, 3.8) is 0 Å². The van der Waals surface area contributed by atoms with Crippen LogP contribution >= 0.6 is 0 Å². The highest BCUT2D eigenvalue weighted by Crippen LogP contribution is 2.24. The number of hydrogen-bond donors (Lipinski definition) is 1. The van der Waals surface area contributed by atoms with Gasteiger partial charge in [-0.05, 0) is 91.9 Å². The molecule has 0 aliphatic carbocycles. The summed E-state index contributed by atoms with van der Waals surface area (Å²) in [6, 6.07) is 28.6. The van der Waals surface area contributed by atoms with Crippen LogP contribution in [0.2, 0.25) is 0 Å². The van der Waals surface area contributed by atoms with Gasteiger partial charge >= 0.3 is 11.9 Å². The minimum absolute atomic E-state index is 0.158. The van der Waals surface area contributed by atoms with Crippen LogP contribution in [0, 0.1) is 0 Å². The van der Waals surface area contributed by atoms with Crippen LogP contribution in [0.15, 0.2) is 97.1 Å². The van der Waals surface area contributed by atoms with Gasteiger partial charge in [0.15, 0.2) is 0 Å². The lowest BCUT2D eigenvalue weighted by Crippen LogP contribution is -2.16. The van der Waals surface area contributed by atoms with Gasteiger partial charge in [0.1, 0.15) is 17.2 Å². The van der Waals surface area contributed by atoms with Crippen LogP contribution in [0.1, 0.15) is 55.9 Å². The molecule has 0 aliphatic heterocycles. The maximum Gasteiger partial charge on any atom is 0.337 e. The molecule has 0 atom stereocenters. The smallest absolute Gasteiger partial charge is 0.337 e. The highest BCUT2D eigenvalue weighted by atomic mass is 16.5. The summed E-state index contributed by atoms with van der Waals surface area (Å²) in [6.45, 7) is 1.58. The van der Waals surface area contributed by atoms with E-state index in [-0.39, 0.29) is 16.7 Å². The van der Waals surface area contributed by atoms with E-state index in [1.807, 2.05) is 54.6 Å². The normalized spacial score (nSPS) is 10.4. The fourth-order valence-electron chi connectivity index (χ4n) is 4.47. The number of aryl methyl sites for hydroxylation is 1. The Morgan fingerprint density at radius 1 is 0.600 bits per heavy atom. The third-order valence-corrected chi connectivity index (χ3v) is 6.77. The highest BCUT2D eigenvalue weighted by Gasteiger charge is 2.18. The molecule has 4 rings (SSSR count). The molecule has 4 aromatic rings. The van der Waals surface area contributed by atoms with E-state index in [0.29, 0.717) is 37.7 Å². The molecule has 0 fully saturated rings. The zero-order valence-electron chi connectivity index (χ0n) is 25.5. The number of esters is 2. The third-order valence-electron chi connectivity index (χ3n) is 6.77. The lowest BCUT2D eigenvalue weighted by molar-refractivity contribution is 0.0591. The number of hydrogen-bond acceptors (Lipinski definition) is 8. The van der Waals surface area contributed by atoms with Gasteiger partial charge in [-0.2, -0.15) is 0 Å². The third kappa shape index (κ3) is 10.1. The van der Waals surface area contributed by atoms with E-state index in [2.05, 4.69) is 5.32 Å². The lowest BCUT2D eigenvalue weighted by Gasteiger charge is -2.14.